The van der Waals surface area contributed by atoms with Crippen molar-refractivity contribution >= 4 is 11.9 Å². The van der Waals surface area contributed by atoms with Crippen LogP contribution in [0.4, 0.5) is 0 Å². The lowest BCUT2D eigenvalue weighted by Crippen LogP contribution is -2.25. The Balaban J connectivity index is 1.64. The van der Waals surface area contributed by atoms with Crippen LogP contribution in [0.15, 0.2) is 84.9 Å². The molecule has 0 heterocycles. The highest BCUT2D eigenvalue weighted by Crippen LogP contribution is 2.55. The van der Waals surface area contributed by atoms with E-state index in [9.17, 15) is 19.8 Å². The first-order valence-electron chi connectivity index (χ1n) is 12.8. The van der Waals surface area contributed by atoms with E-state index in [4.69, 9.17) is 0 Å². The molecule has 37 heavy (non-hydrogen) atoms. The Morgan fingerprint density at radius 2 is 0.919 bits per heavy atom. The van der Waals surface area contributed by atoms with Gasteiger partial charge in [0.05, 0.1) is 11.1 Å². The molecule has 0 aliphatic heterocycles. The zero-order valence-corrected chi connectivity index (χ0v) is 21.1. The maximum atomic E-state index is 11.3. The van der Waals surface area contributed by atoms with Gasteiger partial charge in [-0.25, -0.2) is 9.59 Å². The summed E-state index contributed by atoms with van der Waals surface area (Å²) < 4.78 is 0. The third-order valence-electron chi connectivity index (χ3n) is 7.64. The highest BCUT2D eigenvalue weighted by molar-refractivity contribution is 5.90. The Bertz CT molecular complexity index is 1370. The average molecular weight is 491 g/mol. The molecule has 2 N–H and O–H groups in total. The van der Waals surface area contributed by atoms with Gasteiger partial charge in [-0.2, -0.15) is 0 Å². The van der Waals surface area contributed by atoms with Gasteiger partial charge in [0.15, 0.2) is 0 Å². The summed E-state index contributed by atoms with van der Waals surface area (Å²) in [7, 11) is 0. The maximum Gasteiger partial charge on any atom is 0.335 e. The van der Waals surface area contributed by atoms with E-state index < -0.39 is 11.9 Å². The van der Waals surface area contributed by atoms with Crippen molar-refractivity contribution in [3.05, 3.63) is 107 Å². The highest BCUT2D eigenvalue weighted by Gasteiger charge is 2.42. The summed E-state index contributed by atoms with van der Waals surface area (Å²) in [4.78, 5) is 22.6. The fraction of sp³-hybridized carbons (Fsp3) is 0.212. The van der Waals surface area contributed by atoms with Crippen LogP contribution in [0.3, 0.4) is 0 Å². The molecule has 0 bridgehead atoms. The predicted octanol–water partition coefficient (Wildman–Crippen LogP) is 8.28. The smallest absolute Gasteiger partial charge is 0.335 e. The van der Waals surface area contributed by atoms with Crippen LogP contribution in [0.1, 0.15) is 71.4 Å². The van der Waals surface area contributed by atoms with Crippen LogP contribution in [0, 0.1) is 0 Å². The van der Waals surface area contributed by atoms with Gasteiger partial charge in [-0.05, 0) is 93.7 Å². The summed E-state index contributed by atoms with van der Waals surface area (Å²) in [5.41, 5.74) is 9.84. The second-order valence-electron chi connectivity index (χ2n) is 9.87. The lowest BCUT2D eigenvalue weighted by atomic mass is 9.71. The van der Waals surface area contributed by atoms with E-state index >= 15 is 0 Å². The molecule has 0 spiro atoms. The number of benzene rings is 4. The van der Waals surface area contributed by atoms with Crippen molar-refractivity contribution < 1.29 is 19.8 Å². The van der Waals surface area contributed by atoms with Crippen molar-refractivity contribution in [3.8, 4) is 33.4 Å². The van der Waals surface area contributed by atoms with E-state index in [2.05, 4.69) is 50.2 Å². The molecule has 5 rings (SSSR count). The molecule has 4 aromatic carbocycles. The van der Waals surface area contributed by atoms with Gasteiger partial charge in [-0.3, -0.25) is 0 Å². The zero-order valence-electron chi connectivity index (χ0n) is 21.1. The molecule has 0 saturated heterocycles. The van der Waals surface area contributed by atoms with Crippen molar-refractivity contribution in [1.29, 1.82) is 0 Å². The minimum atomic E-state index is -0.922. The van der Waals surface area contributed by atoms with Crippen LogP contribution >= 0.6 is 0 Å². The standard InChI is InChI=1S/C33H30O4/c1-3-17-33(18-4-2)29-19-25(21-5-9-23(10-6-21)31(34)35)13-15-27(29)28-16-14-26(20-30(28)33)22-7-11-24(12-8-22)32(36)37/h5-16,19-20H,3-4,17-18H2,1-2H3,(H,34,35)(H,36,37). The van der Waals surface area contributed by atoms with Crippen molar-refractivity contribution in [2.75, 3.05) is 0 Å². The summed E-state index contributed by atoms with van der Waals surface area (Å²) in [5.74, 6) is -1.84. The van der Waals surface area contributed by atoms with Crippen LogP contribution in [0.5, 0.6) is 0 Å². The Hall–Kier alpha value is -4.18. The van der Waals surface area contributed by atoms with E-state index in [-0.39, 0.29) is 16.5 Å². The average Bonchev–Trinajstić information content (AvgIpc) is 3.17. The van der Waals surface area contributed by atoms with Gasteiger partial charge in [0.2, 0.25) is 0 Å². The quantitative estimate of drug-likeness (QED) is 0.261. The number of carboxylic acids is 2. The Kier molecular flexibility index (Phi) is 6.43. The molecular weight excluding hydrogens is 460 g/mol. The highest BCUT2D eigenvalue weighted by atomic mass is 16.4. The molecule has 0 amide bonds. The van der Waals surface area contributed by atoms with E-state index in [1.54, 1.807) is 24.3 Å². The zero-order chi connectivity index (χ0) is 26.2. The number of hydrogen-bond donors (Lipinski definition) is 2. The van der Waals surface area contributed by atoms with E-state index in [0.29, 0.717) is 0 Å². The molecule has 186 valence electrons. The molecule has 4 aromatic rings. The molecule has 0 fully saturated rings. The first-order valence-corrected chi connectivity index (χ1v) is 12.8. The van der Waals surface area contributed by atoms with E-state index in [0.717, 1.165) is 47.9 Å². The lowest BCUT2D eigenvalue weighted by molar-refractivity contribution is 0.0686. The lowest BCUT2D eigenvalue weighted by Gasteiger charge is -2.32. The van der Waals surface area contributed by atoms with Crippen LogP contribution in [-0.4, -0.2) is 22.2 Å². The predicted molar refractivity (Wildman–Crippen MR) is 147 cm³/mol. The largest absolute Gasteiger partial charge is 0.478 e. The van der Waals surface area contributed by atoms with E-state index in [1.807, 2.05) is 24.3 Å². The van der Waals surface area contributed by atoms with Crippen LogP contribution < -0.4 is 0 Å². The maximum absolute atomic E-state index is 11.3. The van der Waals surface area contributed by atoms with Gasteiger partial charge in [-0.15, -0.1) is 0 Å². The fourth-order valence-corrected chi connectivity index (χ4v) is 5.98. The van der Waals surface area contributed by atoms with Gasteiger partial charge in [-0.1, -0.05) is 75.2 Å². The fourth-order valence-electron chi connectivity index (χ4n) is 5.98. The molecule has 0 saturated carbocycles. The van der Waals surface area contributed by atoms with Crippen molar-refractivity contribution in [2.24, 2.45) is 0 Å². The summed E-state index contributed by atoms with van der Waals surface area (Å²) >= 11 is 0. The topological polar surface area (TPSA) is 74.6 Å². The summed E-state index contributed by atoms with van der Waals surface area (Å²) in [6.07, 6.45) is 4.16. The van der Waals surface area contributed by atoms with Gasteiger partial charge < -0.3 is 10.2 Å². The molecule has 0 radical (unpaired) electrons. The molecule has 4 nitrogen and oxygen atoms in total. The molecular formula is C33H30O4. The number of carboxylic acid groups (broad SMARTS) is 2. The van der Waals surface area contributed by atoms with Crippen molar-refractivity contribution in [2.45, 2.75) is 44.9 Å². The Morgan fingerprint density at radius 3 is 1.24 bits per heavy atom. The monoisotopic (exact) mass is 490 g/mol. The Labute approximate surface area is 217 Å². The van der Waals surface area contributed by atoms with Gasteiger partial charge in [0, 0.05) is 5.41 Å². The van der Waals surface area contributed by atoms with Crippen LogP contribution in [0.25, 0.3) is 33.4 Å². The summed E-state index contributed by atoms with van der Waals surface area (Å²) in [5, 5.41) is 18.6. The molecule has 0 unspecified atom stereocenters. The van der Waals surface area contributed by atoms with Gasteiger partial charge in [0.1, 0.15) is 0 Å². The number of rotatable bonds is 8. The number of fused-ring (bicyclic) bond motifs is 3. The Morgan fingerprint density at radius 1 is 0.568 bits per heavy atom. The van der Waals surface area contributed by atoms with Gasteiger partial charge >= 0.3 is 11.9 Å². The first kappa shape index (κ1) is 24.5. The van der Waals surface area contributed by atoms with E-state index in [1.165, 1.54) is 22.3 Å². The molecule has 1 aliphatic rings. The normalized spacial score (nSPS) is 13.1. The van der Waals surface area contributed by atoms with Crippen LogP contribution in [0.2, 0.25) is 0 Å². The number of hydrogen-bond acceptors (Lipinski definition) is 2. The van der Waals surface area contributed by atoms with Crippen LogP contribution in [-0.2, 0) is 5.41 Å². The molecule has 0 atom stereocenters. The van der Waals surface area contributed by atoms with Crippen molar-refractivity contribution in [3.63, 3.8) is 0 Å². The second-order valence-corrected chi connectivity index (χ2v) is 9.87. The summed E-state index contributed by atoms with van der Waals surface area (Å²) in [6.45, 7) is 4.47. The number of aromatic carboxylic acids is 2. The van der Waals surface area contributed by atoms with Gasteiger partial charge in [0.25, 0.3) is 0 Å². The minimum absolute atomic E-state index is 0.109. The third-order valence-corrected chi connectivity index (χ3v) is 7.64. The second kappa shape index (κ2) is 9.70. The molecule has 1 aliphatic carbocycles. The SMILES string of the molecule is CCCC1(CCC)c2cc(-c3ccc(C(=O)O)cc3)ccc2-c2ccc(-c3ccc(C(=O)O)cc3)cc21. The minimum Gasteiger partial charge on any atom is -0.478 e. The van der Waals surface area contributed by atoms with Crippen molar-refractivity contribution in [1.82, 2.24) is 0 Å². The summed E-state index contributed by atoms with van der Waals surface area (Å²) in [6, 6.07) is 27.5. The third kappa shape index (κ3) is 4.23. The molecule has 4 heteroatoms. The molecule has 0 aromatic heterocycles. The number of carbonyl (C=O) groups is 2. The first-order chi connectivity index (χ1) is 17.9.